The van der Waals surface area contributed by atoms with E-state index < -0.39 is 23.8 Å². The number of carbonyl (C=O) groups excluding carboxylic acids is 2. The molecule has 0 aromatic heterocycles. The van der Waals surface area contributed by atoms with Crippen molar-refractivity contribution < 1.29 is 57.5 Å². The zero-order chi connectivity index (χ0) is 11.5. The normalized spacial score (nSPS) is 11.2. The maximum absolute atomic E-state index is 10.7. The third kappa shape index (κ3) is 18.1. The summed E-state index contributed by atoms with van der Waals surface area (Å²) in [6.07, 6.45) is 0.268. The van der Waals surface area contributed by atoms with Crippen LogP contribution in [-0.4, -0.2) is 11.9 Å². The monoisotopic (exact) mass is 278 g/mol. The van der Waals surface area contributed by atoms with E-state index in [1.165, 1.54) is 6.92 Å². The van der Waals surface area contributed by atoms with Gasteiger partial charge in [0.1, 0.15) is 0 Å². The Bertz CT molecular complexity index is 238. The molecule has 0 N–H and O–H groups in total. The van der Waals surface area contributed by atoms with Crippen molar-refractivity contribution in [3.05, 3.63) is 0 Å². The fraction of sp³-hybridized carbons (Fsp3) is 0.857. The van der Waals surface area contributed by atoms with Gasteiger partial charge in [0.2, 0.25) is 0 Å². The molecule has 0 aliphatic carbocycles. The Kier molecular flexibility index (Phi) is 36.7. The largest absolute Gasteiger partial charge is 1.00 e. The molecule has 0 radical (unpaired) electrons. The summed E-state index contributed by atoms with van der Waals surface area (Å²) in [7, 11) is 0. The van der Waals surface area contributed by atoms with Crippen molar-refractivity contribution in [3.8, 4) is 0 Å². The molecule has 4 nitrogen and oxygen atoms in total. The van der Waals surface area contributed by atoms with Gasteiger partial charge in [-0.1, -0.05) is 57.4 Å². The minimum absolute atomic E-state index is 0. The van der Waals surface area contributed by atoms with Crippen LogP contribution in [0.15, 0.2) is 0 Å². The number of aliphatic carboxylic acids is 2. The van der Waals surface area contributed by atoms with Crippen LogP contribution in [0, 0.1) is 17.3 Å². The predicted octanol–water partition coefficient (Wildman–Crippen LogP) is -4.27. The summed E-state index contributed by atoms with van der Waals surface area (Å²) in [5.74, 6) is -4.67. The first kappa shape index (κ1) is 42.7. The molecule has 2 unspecified atom stereocenters. The van der Waals surface area contributed by atoms with Crippen LogP contribution in [0.25, 0.3) is 0 Å². The van der Waals surface area contributed by atoms with Gasteiger partial charge in [0.05, 0.1) is 0 Å². The summed E-state index contributed by atoms with van der Waals surface area (Å²) in [6, 6.07) is 0. The van der Waals surface area contributed by atoms with Crippen LogP contribution in [0.2, 0.25) is 0 Å². The predicted molar refractivity (Wildman–Crippen MR) is 73.7 cm³/mol. The van der Waals surface area contributed by atoms with Crippen LogP contribution < -0.4 is 47.9 Å². The topological polar surface area (TPSA) is 80.3 Å². The van der Waals surface area contributed by atoms with Gasteiger partial charge in [-0.15, -0.1) is 0 Å². The summed E-state index contributed by atoms with van der Waals surface area (Å²) in [5.41, 5.74) is -0.242. The Morgan fingerprint density at radius 2 is 1.20 bits per heavy atom. The van der Waals surface area contributed by atoms with Crippen molar-refractivity contribution in [2.45, 2.75) is 63.8 Å². The third-order valence-electron chi connectivity index (χ3n) is 2.11. The van der Waals surface area contributed by atoms with E-state index in [4.69, 9.17) is 0 Å². The van der Waals surface area contributed by atoms with Gasteiger partial charge in [0, 0.05) is 23.8 Å². The number of carboxylic acid groups (broad SMARTS) is 2. The summed E-state index contributed by atoms with van der Waals surface area (Å²) >= 11 is 0. The molecule has 0 fully saturated rings. The summed E-state index contributed by atoms with van der Waals surface area (Å²) in [5, 5.41) is 21.2. The first-order valence-corrected chi connectivity index (χ1v) is 4.57. The second kappa shape index (κ2) is 17.2. The fourth-order valence-corrected chi connectivity index (χ4v) is 1.29. The Balaban J connectivity index is -0.0000000563. The Morgan fingerprint density at radius 1 is 0.900 bits per heavy atom. The second-order valence-corrected chi connectivity index (χ2v) is 4.80. The number of hydrogen-bond donors (Lipinski definition) is 0. The third-order valence-corrected chi connectivity index (χ3v) is 2.11. The zero-order valence-corrected chi connectivity index (χ0v) is 11.0. The fourth-order valence-electron chi connectivity index (χ4n) is 1.29. The van der Waals surface area contributed by atoms with E-state index in [-0.39, 0.29) is 79.3 Å². The molecule has 0 aromatic rings. The number of hydrogen-bond acceptors (Lipinski definition) is 4. The van der Waals surface area contributed by atoms with Crippen LogP contribution in [0.5, 0.6) is 0 Å². The molecule has 0 rings (SSSR count). The van der Waals surface area contributed by atoms with Crippen molar-refractivity contribution in [3.63, 3.8) is 0 Å². The summed E-state index contributed by atoms with van der Waals surface area (Å²) in [6.45, 7) is 6.89. The summed E-state index contributed by atoms with van der Waals surface area (Å²) in [4.78, 5) is 21.2. The van der Waals surface area contributed by atoms with Gasteiger partial charge in [-0.05, 0) is 11.8 Å². The molecule has 0 aliphatic rings. The summed E-state index contributed by atoms with van der Waals surface area (Å²) < 4.78 is 0. The molecule has 114 valence electrons. The molecule has 0 aliphatic heterocycles. The maximum atomic E-state index is 10.7. The van der Waals surface area contributed by atoms with Crippen molar-refractivity contribution in [2.24, 2.45) is 17.3 Å². The number of carbonyl (C=O) groups is 2. The van der Waals surface area contributed by atoms with E-state index in [1.54, 1.807) is 0 Å². The molecule has 6 heteroatoms. The molecule has 2 atom stereocenters. The van der Waals surface area contributed by atoms with Crippen molar-refractivity contribution in [1.82, 2.24) is 0 Å². The minimum atomic E-state index is -1.34. The van der Waals surface area contributed by atoms with Crippen LogP contribution >= 0.6 is 0 Å². The van der Waals surface area contributed by atoms with Gasteiger partial charge in [-0.25, -0.2) is 0 Å². The molecule has 0 saturated heterocycles. The molecule has 20 heavy (non-hydrogen) atoms. The molecule has 0 aromatic carbocycles. The van der Waals surface area contributed by atoms with E-state index in [9.17, 15) is 19.8 Å². The SMILES string of the molecule is C.C.C.C.CC(C(=O)[O-])C(CC(C)(C)C)C(=O)[O-].[Li+].[Li+]. The smallest absolute Gasteiger partial charge is 0.550 e. The molecular formula is C14H32Li2O4. The second-order valence-electron chi connectivity index (χ2n) is 4.80. The Labute approximate surface area is 150 Å². The van der Waals surface area contributed by atoms with E-state index in [0.717, 1.165) is 0 Å². The first-order chi connectivity index (χ1) is 6.15. The standard InChI is InChI=1S/C10H18O4.4CH4.2Li/c1-6(8(11)12)7(9(13)14)5-10(2,3)4;;;;;;/h6-7H,5H2,1-4H3,(H,11,12)(H,13,14);4*1H4;;/q;;;;;2*+1/p-2. The van der Waals surface area contributed by atoms with E-state index >= 15 is 0 Å². The van der Waals surface area contributed by atoms with Gasteiger partial charge < -0.3 is 19.8 Å². The molecule has 0 amide bonds. The zero-order valence-electron chi connectivity index (χ0n) is 11.0. The van der Waals surface area contributed by atoms with E-state index in [0.29, 0.717) is 0 Å². The number of rotatable bonds is 4. The quantitative estimate of drug-likeness (QED) is 0.488. The maximum Gasteiger partial charge on any atom is 1.00 e. The van der Waals surface area contributed by atoms with E-state index in [2.05, 4.69) is 0 Å². The molecule has 0 spiro atoms. The van der Waals surface area contributed by atoms with Gasteiger partial charge >= 0.3 is 37.7 Å². The van der Waals surface area contributed by atoms with Crippen LogP contribution in [0.4, 0.5) is 0 Å². The van der Waals surface area contributed by atoms with Crippen molar-refractivity contribution in [1.29, 1.82) is 0 Å². The molecular weight excluding hydrogens is 246 g/mol. The average Bonchev–Trinajstić information content (AvgIpc) is 1.96. The number of carboxylic acids is 2. The van der Waals surface area contributed by atoms with Crippen LogP contribution in [0.3, 0.4) is 0 Å². The first-order valence-electron chi connectivity index (χ1n) is 4.57. The Morgan fingerprint density at radius 3 is 1.35 bits per heavy atom. The minimum Gasteiger partial charge on any atom is -0.550 e. The molecule has 0 bridgehead atoms. The average molecular weight is 278 g/mol. The van der Waals surface area contributed by atoms with Gasteiger partial charge in [-0.2, -0.15) is 0 Å². The van der Waals surface area contributed by atoms with Crippen molar-refractivity contribution >= 4 is 11.9 Å². The molecule has 0 saturated carbocycles. The van der Waals surface area contributed by atoms with E-state index in [1.807, 2.05) is 20.8 Å². The van der Waals surface area contributed by atoms with Crippen LogP contribution in [0.1, 0.15) is 63.8 Å². The van der Waals surface area contributed by atoms with Gasteiger partial charge in [0.25, 0.3) is 0 Å². The Hall–Kier alpha value is 0.135. The van der Waals surface area contributed by atoms with Crippen molar-refractivity contribution in [2.75, 3.05) is 0 Å². The van der Waals surface area contributed by atoms with Gasteiger partial charge in [-0.3, -0.25) is 0 Å². The van der Waals surface area contributed by atoms with Gasteiger partial charge in [0.15, 0.2) is 0 Å². The van der Waals surface area contributed by atoms with Crippen LogP contribution in [-0.2, 0) is 9.59 Å². The molecule has 0 heterocycles.